The van der Waals surface area contributed by atoms with Crippen molar-refractivity contribution in [1.82, 2.24) is 0 Å². The summed E-state index contributed by atoms with van der Waals surface area (Å²) in [6.45, 7) is 6.61. The fraction of sp³-hybridized carbons (Fsp3) is 0.500. The van der Waals surface area contributed by atoms with E-state index in [1.165, 1.54) is 11.1 Å². The minimum Gasteiger partial charge on any atom is -0.299 e. The van der Waals surface area contributed by atoms with Crippen molar-refractivity contribution in [3.8, 4) is 0 Å². The van der Waals surface area contributed by atoms with Crippen molar-refractivity contribution >= 4 is 5.78 Å². The molecule has 15 heavy (non-hydrogen) atoms. The third kappa shape index (κ3) is 1.83. The molecule has 0 amide bonds. The summed E-state index contributed by atoms with van der Waals surface area (Å²) in [5.74, 6) is 0.590. The van der Waals surface area contributed by atoms with Crippen LogP contribution in [0, 0.1) is 0 Å². The zero-order valence-corrected chi connectivity index (χ0v) is 9.71. The van der Waals surface area contributed by atoms with E-state index in [9.17, 15) is 4.79 Å². The van der Waals surface area contributed by atoms with Gasteiger partial charge in [-0.25, -0.2) is 0 Å². The molecule has 80 valence electrons. The molecule has 0 bridgehead atoms. The molecule has 2 rings (SSSR count). The molecule has 1 saturated carbocycles. The fourth-order valence-electron chi connectivity index (χ4n) is 2.22. The van der Waals surface area contributed by atoms with E-state index in [-0.39, 0.29) is 11.3 Å². The fourth-order valence-corrected chi connectivity index (χ4v) is 2.22. The van der Waals surface area contributed by atoms with Crippen LogP contribution in [0.25, 0.3) is 0 Å². The average Bonchev–Trinajstić information content (AvgIpc) is 2.15. The molecule has 0 saturated heterocycles. The Labute approximate surface area is 91.5 Å². The summed E-state index contributed by atoms with van der Waals surface area (Å²) in [5.41, 5.74) is 2.70. The number of ketones is 1. The topological polar surface area (TPSA) is 17.1 Å². The maximum absolute atomic E-state index is 11.5. The Morgan fingerprint density at radius 1 is 1.20 bits per heavy atom. The molecule has 0 aliphatic heterocycles. The number of carbonyl (C=O) groups excluding carboxylic acids is 1. The van der Waals surface area contributed by atoms with Crippen LogP contribution in [0.3, 0.4) is 0 Å². The summed E-state index contributed by atoms with van der Waals surface area (Å²) in [7, 11) is 0. The van der Waals surface area contributed by atoms with E-state index < -0.39 is 0 Å². The Kier molecular flexibility index (Phi) is 2.41. The summed E-state index contributed by atoms with van der Waals surface area (Å²) in [6, 6.07) is 8.37. The van der Waals surface area contributed by atoms with Gasteiger partial charge in [0.15, 0.2) is 0 Å². The molecular weight excluding hydrogens is 184 g/mol. The van der Waals surface area contributed by atoms with Gasteiger partial charge in [-0.3, -0.25) is 4.79 Å². The minimum absolute atomic E-state index is 0.131. The lowest BCUT2D eigenvalue weighted by molar-refractivity contribution is -0.125. The zero-order chi connectivity index (χ0) is 11.1. The largest absolute Gasteiger partial charge is 0.299 e. The van der Waals surface area contributed by atoms with E-state index >= 15 is 0 Å². The van der Waals surface area contributed by atoms with Crippen LogP contribution in [0.2, 0.25) is 0 Å². The second kappa shape index (κ2) is 3.48. The van der Waals surface area contributed by atoms with Gasteiger partial charge in [-0.15, -0.1) is 0 Å². The number of benzene rings is 1. The summed E-state index contributed by atoms with van der Waals surface area (Å²) in [4.78, 5) is 11.5. The van der Waals surface area contributed by atoms with Crippen LogP contribution in [-0.4, -0.2) is 5.78 Å². The third-order valence-electron chi connectivity index (χ3n) is 3.21. The van der Waals surface area contributed by atoms with Crippen LogP contribution in [0.1, 0.15) is 50.7 Å². The Balaban J connectivity index is 2.42. The number of carbonyl (C=O) groups is 1. The SMILES string of the molecule is CC(C)(C)c1ccccc1C1CCC1=O. The third-order valence-corrected chi connectivity index (χ3v) is 3.21. The van der Waals surface area contributed by atoms with Gasteiger partial charge in [0, 0.05) is 12.3 Å². The van der Waals surface area contributed by atoms with E-state index in [1.54, 1.807) is 0 Å². The van der Waals surface area contributed by atoms with Gasteiger partial charge in [-0.1, -0.05) is 45.0 Å². The van der Waals surface area contributed by atoms with Crippen LogP contribution in [0.15, 0.2) is 24.3 Å². The molecule has 0 heterocycles. The molecule has 1 atom stereocenters. The summed E-state index contributed by atoms with van der Waals surface area (Å²) in [5, 5.41) is 0. The van der Waals surface area contributed by atoms with Crippen molar-refractivity contribution < 1.29 is 4.79 Å². The molecule has 0 spiro atoms. The van der Waals surface area contributed by atoms with Gasteiger partial charge >= 0.3 is 0 Å². The molecule has 1 aliphatic carbocycles. The lowest BCUT2D eigenvalue weighted by Gasteiger charge is -2.31. The quantitative estimate of drug-likeness (QED) is 0.682. The first-order valence-corrected chi connectivity index (χ1v) is 5.62. The monoisotopic (exact) mass is 202 g/mol. The highest BCUT2D eigenvalue weighted by Gasteiger charge is 2.32. The minimum atomic E-state index is 0.131. The normalized spacial score (nSPS) is 21.3. The maximum Gasteiger partial charge on any atom is 0.140 e. The first-order valence-electron chi connectivity index (χ1n) is 5.62. The number of hydrogen-bond donors (Lipinski definition) is 0. The predicted molar refractivity (Wildman–Crippen MR) is 62.1 cm³/mol. The van der Waals surface area contributed by atoms with Gasteiger partial charge < -0.3 is 0 Å². The van der Waals surface area contributed by atoms with Gasteiger partial charge in [0.25, 0.3) is 0 Å². The van der Waals surface area contributed by atoms with Crippen molar-refractivity contribution in [3.05, 3.63) is 35.4 Å². The Morgan fingerprint density at radius 3 is 2.33 bits per heavy atom. The smallest absolute Gasteiger partial charge is 0.140 e. The highest BCUT2D eigenvalue weighted by atomic mass is 16.1. The van der Waals surface area contributed by atoms with E-state index in [1.807, 2.05) is 6.07 Å². The highest BCUT2D eigenvalue weighted by Crippen LogP contribution is 2.38. The van der Waals surface area contributed by atoms with Gasteiger partial charge in [-0.2, -0.15) is 0 Å². The highest BCUT2D eigenvalue weighted by molar-refractivity contribution is 5.91. The van der Waals surface area contributed by atoms with Crippen LogP contribution in [0.5, 0.6) is 0 Å². The summed E-state index contributed by atoms with van der Waals surface area (Å²) in [6.07, 6.45) is 1.80. The molecule has 1 heteroatoms. The van der Waals surface area contributed by atoms with Gasteiger partial charge in [0.05, 0.1) is 0 Å². The molecule has 1 fully saturated rings. The molecule has 1 aromatic rings. The van der Waals surface area contributed by atoms with E-state index in [0.717, 1.165) is 12.8 Å². The van der Waals surface area contributed by atoms with Crippen molar-refractivity contribution in [3.63, 3.8) is 0 Å². The number of hydrogen-bond acceptors (Lipinski definition) is 1. The molecule has 1 nitrogen and oxygen atoms in total. The Morgan fingerprint density at radius 2 is 1.87 bits per heavy atom. The molecule has 1 unspecified atom stereocenters. The van der Waals surface area contributed by atoms with E-state index in [2.05, 4.69) is 39.0 Å². The molecule has 0 aromatic heterocycles. The summed E-state index contributed by atoms with van der Waals surface area (Å²) >= 11 is 0. The Hall–Kier alpha value is -1.11. The summed E-state index contributed by atoms with van der Waals surface area (Å²) < 4.78 is 0. The maximum atomic E-state index is 11.5. The molecule has 1 aromatic carbocycles. The molecule has 0 N–H and O–H groups in total. The van der Waals surface area contributed by atoms with Crippen molar-refractivity contribution in [2.24, 2.45) is 0 Å². The molecular formula is C14H18O. The van der Waals surface area contributed by atoms with Crippen LogP contribution in [0.4, 0.5) is 0 Å². The number of rotatable bonds is 1. The second-order valence-corrected chi connectivity index (χ2v) is 5.39. The molecule has 1 aliphatic rings. The van der Waals surface area contributed by atoms with Crippen LogP contribution in [-0.2, 0) is 10.2 Å². The van der Waals surface area contributed by atoms with Gasteiger partial charge in [0.2, 0.25) is 0 Å². The second-order valence-electron chi connectivity index (χ2n) is 5.39. The standard InChI is InChI=1S/C14H18O/c1-14(2,3)12-7-5-4-6-10(12)11-8-9-13(11)15/h4-7,11H,8-9H2,1-3H3. The predicted octanol–water partition coefficient (Wildman–Crippen LogP) is 3.43. The van der Waals surface area contributed by atoms with Crippen molar-refractivity contribution in [1.29, 1.82) is 0 Å². The lowest BCUT2D eigenvalue weighted by atomic mass is 9.72. The number of Topliss-reactive ketones (excluding diaryl/α,β-unsaturated/α-hetero) is 1. The van der Waals surface area contributed by atoms with Crippen molar-refractivity contribution in [2.45, 2.75) is 44.9 Å². The van der Waals surface area contributed by atoms with Crippen molar-refractivity contribution in [2.75, 3.05) is 0 Å². The van der Waals surface area contributed by atoms with Crippen LogP contribution >= 0.6 is 0 Å². The zero-order valence-electron chi connectivity index (χ0n) is 9.71. The van der Waals surface area contributed by atoms with E-state index in [4.69, 9.17) is 0 Å². The first kappa shape index (κ1) is 10.4. The first-order chi connectivity index (χ1) is 7.00. The molecule has 0 radical (unpaired) electrons. The van der Waals surface area contributed by atoms with Crippen LogP contribution < -0.4 is 0 Å². The average molecular weight is 202 g/mol. The lowest BCUT2D eigenvalue weighted by Crippen LogP contribution is -2.26. The van der Waals surface area contributed by atoms with E-state index in [0.29, 0.717) is 5.78 Å². The van der Waals surface area contributed by atoms with Gasteiger partial charge in [0.1, 0.15) is 5.78 Å². The Bertz CT molecular complexity index is 385. The van der Waals surface area contributed by atoms with Gasteiger partial charge in [-0.05, 0) is 23.0 Å².